The summed E-state index contributed by atoms with van der Waals surface area (Å²) in [7, 11) is -4.65. The van der Waals surface area contributed by atoms with Crippen LogP contribution in [0.15, 0.2) is 40.1 Å². The summed E-state index contributed by atoms with van der Waals surface area (Å²) in [5.41, 5.74) is 0.511. The van der Waals surface area contributed by atoms with E-state index in [1.165, 1.54) is 6.07 Å². The van der Waals surface area contributed by atoms with Crippen molar-refractivity contribution in [2.75, 3.05) is 4.84 Å². The zero-order chi connectivity index (χ0) is 14.8. The summed E-state index contributed by atoms with van der Waals surface area (Å²) in [6.07, 6.45) is 0. The monoisotopic (exact) mass is 398 g/mol. The number of hydrogen-bond acceptors (Lipinski definition) is 9. The van der Waals surface area contributed by atoms with Crippen molar-refractivity contribution in [3.8, 4) is 0 Å². The Morgan fingerprint density at radius 3 is 2.35 bits per heavy atom. The van der Waals surface area contributed by atoms with E-state index in [0.717, 1.165) is 6.07 Å². The average Bonchev–Trinajstić information content (AvgIpc) is 2.42. The molecule has 2 aromatic rings. The van der Waals surface area contributed by atoms with Crippen LogP contribution in [-0.2, 0) is 19.5 Å². The Kier molecular flexibility index (Phi) is 13.1. The molecule has 0 unspecified atom stereocenters. The van der Waals surface area contributed by atoms with Gasteiger partial charge in [-0.05, 0) is 35.0 Å². The van der Waals surface area contributed by atoms with E-state index in [1.807, 2.05) is 0 Å². The first-order chi connectivity index (χ1) is 9.45. The molecule has 0 spiro atoms. The van der Waals surface area contributed by atoms with E-state index in [2.05, 4.69) is 14.2 Å². The van der Waals surface area contributed by atoms with Gasteiger partial charge in [-0.3, -0.25) is 9.87 Å². The molecule has 0 aliphatic carbocycles. The van der Waals surface area contributed by atoms with Crippen LogP contribution >= 0.6 is 23.8 Å². The Hall–Kier alpha value is 0.890. The van der Waals surface area contributed by atoms with Crippen LogP contribution in [0.3, 0.4) is 0 Å². The van der Waals surface area contributed by atoms with Crippen molar-refractivity contribution < 1.29 is 86.7 Å². The van der Waals surface area contributed by atoms with Gasteiger partial charge < -0.3 is 16.0 Å². The van der Waals surface area contributed by atoms with Crippen molar-refractivity contribution >= 4 is 50.4 Å². The Morgan fingerprint density at radius 2 is 1.83 bits per heavy atom. The molecule has 0 radical (unpaired) electrons. The van der Waals surface area contributed by atoms with Crippen LogP contribution in [0.1, 0.15) is 0 Å². The standard InChI is InChI=1S/C10H8ClNO6S2.H3N.2Na/c11-12-7-1-2-9-6(3-7)4-8(20(14,15)16)5-10(9)19-18-17-13;;;/h1-5,12-13H,(H,14,15,16);1H3;;/q;;2*+1/p-2. The van der Waals surface area contributed by atoms with E-state index < -0.39 is 15.0 Å². The third kappa shape index (κ3) is 6.96. The van der Waals surface area contributed by atoms with Gasteiger partial charge in [0, 0.05) is 22.4 Å². The molecule has 0 aliphatic rings. The second-order valence-corrected chi connectivity index (χ2v) is 5.94. The topological polar surface area (TPSA) is 146 Å². The Labute approximate surface area is 186 Å². The molecule has 2 rings (SSSR count). The maximum atomic E-state index is 11.1. The van der Waals surface area contributed by atoms with Gasteiger partial charge in [-0.1, -0.05) is 6.07 Å². The van der Waals surface area contributed by atoms with Crippen LogP contribution in [-0.4, -0.2) is 13.0 Å². The first-order valence-electron chi connectivity index (χ1n) is 4.99. The summed E-state index contributed by atoms with van der Waals surface area (Å²) in [5, 5.41) is 14.1. The van der Waals surface area contributed by atoms with Crippen LogP contribution < -0.4 is 75.4 Å². The van der Waals surface area contributed by atoms with Crippen molar-refractivity contribution in [3.05, 3.63) is 30.3 Å². The molecule has 8 nitrogen and oxygen atoms in total. The molecule has 0 saturated heterocycles. The summed E-state index contributed by atoms with van der Waals surface area (Å²) in [5.74, 6) is 0. The van der Waals surface area contributed by atoms with Crippen LogP contribution in [0.5, 0.6) is 0 Å². The van der Waals surface area contributed by atoms with Gasteiger partial charge in [-0.15, -0.1) is 0 Å². The van der Waals surface area contributed by atoms with E-state index in [-0.39, 0.29) is 70.2 Å². The molecule has 116 valence electrons. The van der Waals surface area contributed by atoms with Gasteiger partial charge in [0.25, 0.3) is 0 Å². The fourth-order valence-corrected chi connectivity index (χ4v) is 2.91. The minimum absolute atomic E-state index is 0. The number of hydrogen-bond donors (Lipinski definition) is 2. The van der Waals surface area contributed by atoms with E-state index >= 15 is 0 Å². The summed E-state index contributed by atoms with van der Waals surface area (Å²) in [6, 6.07) is 7.10. The molecule has 0 saturated carbocycles. The normalized spacial score (nSPS) is 10.2. The molecule has 0 amide bonds. The smallest absolute Gasteiger partial charge is 0.744 e. The van der Waals surface area contributed by atoms with Crippen molar-refractivity contribution in [2.45, 2.75) is 9.79 Å². The van der Waals surface area contributed by atoms with Gasteiger partial charge in [0.1, 0.15) is 10.1 Å². The molecule has 0 atom stereocenters. The third-order valence-corrected chi connectivity index (χ3v) is 4.11. The number of halogens is 1. The Bertz CT molecular complexity index is 749. The number of nitrogens with one attached hydrogen (secondary N) is 1. The van der Waals surface area contributed by atoms with Crippen LogP contribution in [0.25, 0.3) is 10.8 Å². The molecule has 0 fully saturated rings. The van der Waals surface area contributed by atoms with Crippen molar-refractivity contribution in [1.82, 2.24) is 6.15 Å². The number of benzene rings is 2. The quantitative estimate of drug-likeness (QED) is 0.127. The van der Waals surface area contributed by atoms with Gasteiger partial charge in [-0.25, -0.2) is 8.42 Å². The van der Waals surface area contributed by atoms with Gasteiger partial charge in [0.2, 0.25) is 0 Å². The van der Waals surface area contributed by atoms with Gasteiger partial charge in [0.15, 0.2) is 0 Å². The van der Waals surface area contributed by atoms with E-state index in [4.69, 9.17) is 11.8 Å². The van der Waals surface area contributed by atoms with Crippen LogP contribution in [0.2, 0.25) is 0 Å². The number of fused-ring (bicyclic) bond motifs is 1. The van der Waals surface area contributed by atoms with E-state index in [0.29, 0.717) is 28.5 Å². The molecule has 2 aromatic carbocycles. The van der Waals surface area contributed by atoms with Crippen LogP contribution in [0, 0.1) is 0 Å². The SMILES string of the molecule is N.O=S(=O)([O-])c1cc(SOO[O-])c2ccc(NCl)cc2c1.[Na+].[Na+]. The molecule has 13 heteroatoms. The van der Waals surface area contributed by atoms with Crippen molar-refractivity contribution in [3.63, 3.8) is 0 Å². The molecule has 4 N–H and O–H groups in total. The van der Waals surface area contributed by atoms with Gasteiger partial charge in [-0.2, -0.15) is 4.33 Å². The Morgan fingerprint density at radius 1 is 1.17 bits per heavy atom. The summed E-state index contributed by atoms with van der Waals surface area (Å²) in [6.45, 7) is 0. The summed E-state index contributed by atoms with van der Waals surface area (Å²) >= 11 is 5.96. The summed E-state index contributed by atoms with van der Waals surface area (Å²) in [4.78, 5) is 2.17. The number of anilines is 1. The second kappa shape index (κ2) is 11.5. The predicted octanol–water partition coefficient (Wildman–Crippen LogP) is -4.29. The molecule has 0 aliphatic heterocycles. The molecule has 0 heterocycles. The van der Waals surface area contributed by atoms with E-state index in [1.54, 1.807) is 18.2 Å². The maximum Gasteiger partial charge on any atom is 1.00 e. The second-order valence-electron chi connectivity index (χ2n) is 3.63. The van der Waals surface area contributed by atoms with Gasteiger partial charge in [0.05, 0.1) is 16.9 Å². The minimum atomic E-state index is -4.65. The van der Waals surface area contributed by atoms with Gasteiger partial charge >= 0.3 is 59.1 Å². The van der Waals surface area contributed by atoms with Crippen LogP contribution in [0.4, 0.5) is 5.69 Å². The largest absolute Gasteiger partial charge is 1.00 e. The number of rotatable bonds is 5. The maximum absolute atomic E-state index is 11.1. The predicted molar refractivity (Wildman–Crippen MR) is 74.4 cm³/mol. The molecule has 0 aromatic heterocycles. The van der Waals surface area contributed by atoms with E-state index in [9.17, 15) is 18.2 Å². The zero-order valence-electron chi connectivity index (χ0n) is 12.2. The fourth-order valence-electron chi connectivity index (χ4n) is 1.63. The third-order valence-electron chi connectivity index (χ3n) is 2.44. The summed E-state index contributed by atoms with van der Waals surface area (Å²) < 4.78 is 37.5. The molecular formula is C10H9ClN2Na2O6S2. The zero-order valence-corrected chi connectivity index (χ0v) is 18.6. The molecule has 23 heavy (non-hydrogen) atoms. The Balaban J connectivity index is 0. The average molecular weight is 399 g/mol. The molecule has 0 bridgehead atoms. The fraction of sp³-hybridized carbons (Fsp3) is 0. The minimum Gasteiger partial charge on any atom is -0.744 e. The molecular weight excluding hydrogens is 390 g/mol. The first kappa shape index (κ1) is 26.1. The van der Waals surface area contributed by atoms with Crippen molar-refractivity contribution in [1.29, 1.82) is 0 Å². The van der Waals surface area contributed by atoms with Crippen molar-refractivity contribution in [2.24, 2.45) is 0 Å². The first-order valence-corrected chi connectivity index (χ1v) is 7.52.